The van der Waals surface area contributed by atoms with E-state index in [2.05, 4.69) is 77.7 Å². The van der Waals surface area contributed by atoms with Crippen LogP contribution in [0.1, 0.15) is 54.2 Å². The lowest BCUT2D eigenvalue weighted by Crippen LogP contribution is -2.48. The number of pyridine rings is 1. The highest BCUT2D eigenvalue weighted by molar-refractivity contribution is 6.74. The number of nitrogens with zero attached hydrogens (tertiary/aromatic N) is 2. The van der Waals surface area contributed by atoms with Gasteiger partial charge in [0.1, 0.15) is 18.1 Å². The highest BCUT2D eigenvalue weighted by Gasteiger charge is 2.46. The maximum absolute atomic E-state index is 12.3. The minimum absolute atomic E-state index is 0.0827. The number of anilines is 1. The molecule has 0 aliphatic carbocycles. The molecule has 1 saturated heterocycles. The summed E-state index contributed by atoms with van der Waals surface area (Å²) in [5, 5.41) is 0.194. The number of aromatic amines is 1. The second-order valence-electron chi connectivity index (χ2n) is 12.3. The van der Waals surface area contributed by atoms with Crippen LogP contribution in [0, 0.1) is 0 Å². The fourth-order valence-corrected chi connectivity index (χ4v) is 5.87. The third-order valence-corrected chi connectivity index (χ3v) is 16.8. The molecule has 33 heavy (non-hydrogen) atoms. The molecule has 3 N–H and O–H groups in total. The molecule has 0 radical (unpaired) electrons. The van der Waals surface area contributed by atoms with Gasteiger partial charge in [0.05, 0.1) is 24.6 Å². The van der Waals surface area contributed by atoms with Crippen LogP contribution in [0.3, 0.4) is 0 Å². The van der Waals surface area contributed by atoms with Crippen LogP contribution in [0.15, 0.2) is 17.2 Å². The Hall–Kier alpha value is -1.47. The average molecular weight is 495 g/mol. The topological polar surface area (TPSA) is 104 Å². The van der Waals surface area contributed by atoms with Gasteiger partial charge in [0.25, 0.3) is 5.56 Å². The van der Waals surface area contributed by atoms with Gasteiger partial charge in [-0.3, -0.25) is 4.79 Å². The van der Waals surface area contributed by atoms with Crippen LogP contribution in [0.4, 0.5) is 5.82 Å². The molecule has 0 spiro atoms. The van der Waals surface area contributed by atoms with E-state index in [9.17, 15) is 4.79 Å². The van der Waals surface area contributed by atoms with Gasteiger partial charge in [-0.15, -0.1) is 0 Å². The van der Waals surface area contributed by atoms with Crippen molar-refractivity contribution in [1.82, 2.24) is 14.5 Å². The number of hydrogen-bond donors (Lipinski definition) is 2. The first-order valence-electron chi connectivity index (χ1n) is 11.8. The van der Waals surface area contributed by atoms with Gasteiger partial charge in [-0.25, -0.2) is 4.98 Å². The van der Waals surface area contributed by atoms with E-state index in [0.29, 0.717) is 29.9 Å². The Morgan fingerprint density at radius 3 is 2.33 bits per heavy atom. The lowest BCUT2D eigenvalue weighted by atomic mass is 10.2. The standard InChI is InChI=1S/C23H42N4O4Si2/c1-22(2,3)32(7,8)29-13-17-16(31-33(9,10)23(4,5)6)12-19(30-17)27-14-25-20-15(27)11-18(24)26-21(20)28/h11,14,16-17,19H,12-13H2,1-10H3,(H3,24,26,28)/t16?,17-,19-/m1/s1. The van der Waals surface area contributed by atoms with Crippen LogP contribution in [0.5, 0.6) is 0 Å². The van der Waals surface area contributed by atoms with Crippen molar-refractivity contribution >= 4 is 33.5 Å². The van der Waals surface area contributed by atoms with Crippen LogP contribution in [0.25, 0.3) is 11.0 Å². The van der Waals surface area contributed by atoms with Crippen molar-refractivity contribution in [2.75, 3.05) is 12.3 Å². The molecule has 0 amide bonds. The summed E-state index contributed by atoms with van der Waals surface area (Å²) < 4.78 is 21.8. The van der Waals surface area contributed by atoms with Crippen molar-refractivity contribution in [2.45, 2.75) is 103 Å². The summed E-state index contributed by atoms with van der Waals surface area (Å²) in [5.74, 6) is 0.305. The zero-order valence-corrected chi connectivity index (χ0v) is 23.9. The first-order chi connectivity index (χ1) is 14.9. The molecule has 3 heterocycles. The van der Waals surface area contributed by atoms with Gasteiger partial charge in [-0.1, -0.05) is 41.5 Å². The largest absolute Gasteiger partial charge is 0.414 e. The van der Waals surface area contributed by atoms with Gasteiger partial charge in [0.15, 0.2) is 22.2 Å². The minimum atomic E-state index is -2.03. The Morgan fingerprint density at radius 1 is 1.15 bits per heavy atom. The zero-order valence-electron chi connectivity index (χ0n) is 21.9. The summed E-state index contributed by atoms with van der Waals surface area (Å²) in [6.45, 7) is 23.0. The molecule has 3 rings (SSSR count). The average Bonchev–Trinajstić information content (AvgIpc) is 3.21. The maximum Gasteiger partial charge on any atom is 0.277 e. The van der Waals surface area contributed by atoms with Crippen molar-refractivity contribution < 1.29 is 13.6 Å². The Kier molecular flexibility index (Phi) is 6.84. The van der Waals surface area contributed by atoms with E-state index < -0.39 is 16.6 Å². The predicted molar refractivity (Wildman–Crippen MR) is 139 cm³/mol. The fourth-order valence-electron chi connectivity index (χ4n) is 3.50. The van der Waals surface area contributed by atoms with Crippen LogP contribution in [-0.4, -0.2) is 50.0 Å². The molecular weight excluding hydrogens is 452 g/mol. The van der Waals surface area contributed by atoms with Crippen LogP contribution in [0.2, 0.25) is 36.3 Å². The second kappa shape index (κ2) is 8.64. The minimum Gasteiger partial charge on any atom is -0.414 e. The van der Waals surface area contributed by atoms with Crippen molar-refractivity contribution in [1.29, 1.82) is 0 Å². The Morgan fingerprint density at radius 2 is 1.76 bits per heavy atom. The molecule has 0 aromatic carbocycles. The Bertz CT molecular complexity index is 1050. The van der Waals surface area contributed by atoms with E-state index in [0.717, 1.165) is 0 Å². The summed E-state index contributed by atoms with van der Waals surface area (Å²) in [7, 11) is -3.98. The number of hydrogen-bond acceptors (Lipinski definition) is 6. The highest BCUT2D eigenvalue weighted by atomic mass is 28.4. The number of aromatic nitrogens is 3. The number of H-pyrrole nitrogens is 1. The molecule has 0 bridgehead atoms. The molecule has 2 aromatic rings. The van der Waals surface area contributed by atoms with Gasteiger partial charge in [-0.2, -0.15) is 0 Å². The number of nitrogens with one attached hydrogen (secondary N) is 1. The normalized spacial score (nSPS) is 22.9. The molecule has 1 unspecified atom stereocenters. The lowest BCUT2D eigenvalue weighted by Gasteiger charge is -2.40. The van der Waals surface area contributed by atoms with Crippen LogP contribution >= 0.6 is 0 Å². The third-order valence-electron chi connectivity index (χ3n) is 7.75. The monoisotopic (exact) mass is 494 g/mol. The lowest BCUT2D eigenvalue weighted by molar-refractivity contribution is -0.0382. The van der Waals surface area contributed by atoms with Gasteiger partial charge in [0, 0.05) is 12.5 Å². The third kappa shape index (κ3) is 5.29. The molecule has 10 heteroatoms. The van der Waals surface area contributed by atoms with Crippen molar-refractivity contribution in [3.8, 4) is 0 Å². The quantitative estimate of drug-likeness (QED) is 0.547. The number of imidazole rings is 1. The van der Waals surface area contributed by atoms with E-state index >= 15 is 0 Å². The molecule has 0 saturated carbocycles. The van der Waals surface area contributed by atoms with Crippen LogP contribution in [-0.2, 0) is 13.6 Å². The van der Waals surface area contributed by atoms with E-state index in [1.807, 2.05) is 4.57 Å². The molecule has 1 aliphatic rings. The fraction of sp³-hybridized carbons (Fsp3) is 0.739. The van der Waals surface area contributed by atoms with Crippen molar-refractivity contribution in [3.63, 3.8) is 0 Å². The Labute approximate surface area is 199 Å². The molecule has 1 fully saturated rings. The second-order valence-corrected chi connectivity index (χ2v) is 21.9. The number of ether oxygens (including phenoxy) is 1. The number of nitrogens with two attached hydrogens (primary N) is 1. The summed E-state index contributed by atoms with van der Waals surface area (Å²) >= 11 is 0. The van der Waals surface area contributed by atoms with Gasteiger partial charge in [0.2, 0.25) is 0 Å². The van der Waals surface area contributed by atoms with Gasteiger partial charge < -0.3 is 28.9 Å². The zero-order chi connectivity index (χ0) is 25.0. The van der Waals surface area contributed by atoms with Gasteiger partial charge >= 0.3 is 0 Å². The van der Waals surface area contributed by atoms with E-state index in [1.165, 1.54) is 0 Å². The first-order valence-corrected chi connectivity index (χ1v) is 17.6. The van der Waals surface area contributed by atoms with E-state index in [1.54, 1.807) is 12.4 Å². The SMILES string of the molecule is CC(C)(C)[Si](C)(C)OC[C@H]1O[C@@H](n2cnc3c(=O)[nH]c(N)cc32)CC1O[Si](C)(C)C(C)(C)C. The predicted octanol–water partition coefficient (Wildman–Crippen LogP) is 5.01. The summed E-state index contributed by atoms with van der Waals surface area (Å²) in [6, 6.07) is 1.73. The molecule has 8 nitrogen and oxygen atoms in total. The Balaban J connectivity index is 1.91. The highest BCUT2D eigenvalue weighted by Crippen LogP contribution is 2.42. The van der Waals surface area contributed by atoms with Crippen molar-refractivity contribution in [3.05, 3.63) is 22.7 Å². The number of rotatable bonds is 6. The van der Waals surface area contributed by atoms with Crippen molar-refractivity contribution in [2.24, 2.45) is 0 Å². The first kappa shape index (κ1) is 26.1. The van der Waals surface area contributed by atoms with E-state index in [4.69, 9.17) is 19.3 Å². The number of fused-ring (bicyclic) bond motifs is 1. The summed E-state index contributed by atoms with van der Waals surface area (Å²) in [4.78, 5) is 19.2. The van der Waals surface area contributed by atoms with E-state index in [-0.39, 0.29) is 34.1 Å². The van der Waals surface area contributed by atoms with Crippen LogP contribution < -0.4 is 11.3 Å². The summed E-state index contributed by atoms with van der Waals surface area (Å²) in [5.41, 5.74) is 6.63. The molecule has 2 aromatic heterocycles. The molecule has 3 atom stereocenters. The molecule has 186 valence electrons. The molecule has 1 aliphatic heterocycles. The summed E-state index contributed by atoms with van der Waals surface area (Å²) in [6.07, 6.45) is 1.72. The molecular formula is C23H42N4O4Si2. The number of nitrogen functional groups attached to an aromatic ring is 1. The maximum atomic E-state index is 12.3. The smallest absolute Gasteiger partial charge is 0.277 e. The van der Waals surface area contributed by atoms with Gasteiger partial charge in [-0.05, 0) is 36.3 Å².